The molecule has 0 radical (unpaired) electrons. The first-order valence-electron chi connectivity index (χ1n) is 7.90. The number of carbonyl (C=O) groups excluding carboxylic acids is 1. The number of unbranched alkanes of at least 4 members (excludes halogenated alkanes) is 1. The number of halogens is 2. The van der Waals surface area contributed by atoms with Crippen LogP contribution in [0.2, 0.25) is 0 Å². The van der Waals surface area contributed by atoms with Crippen molar-refractivity contribution in [3.8, 4) is 0 Å². The number of allylic oxidation sites excluding steroid dienone is 1. The molecule has 0 fully saturated rings. The van der Waals surface area contributed by atoms with Gasteiger partial charge in [0.1, 0.15) is 17.6 Å². The summed E-state index contributed by atoms with van der Waals surface area (Å²) in [7, 11) is 1.49. The van der Waals surface area contributed by atoms with E-state index in [-0.39, 0.29) is 24.0 Å². The molecule has 2 aliphatic rings. The highest BCUT2D eigenvalue weighted by Crippen LogP contribution is 2.43. The van der Waals surface area contributed by atoms with E-state index in [1.165, 1.54) is 7.11 Å². The molecule has 9 nitrogen and oxygen atoms in total. The molecule has 1 spiro atoms. The molecule has 0 aromatic carbocycles. The Morgan fingerprint density at radius 1 is 1.54 bits per heavy atom. The van der Waals surface area contributed by atoms with Gasteiger partial charge in [0.2, 0.25) is 0 Å². The van der Waals surface area contributed by atoms with E-state index in [0.717, 1.165) is 12.8 Å². The molecule has 1 aliphatic carbocycles. The third kappa shape index (κ3) is 4.57. The van der Waals surface area contributed by atoms with Crippen molar-refractivity contribution in [2.75, 3.05) is 20.2 Å². The highest BCUT2D eigenvalue weighted by Gasteiger charge is 2.50. The number of guanidine groups is 1. The number of aliphatic imine (C=N–C) groups is 1. The number of aliphatic hydroxyl groups excluding tert-OH is 1. The maximum Gasteiger partial charge on any atom is 0.269 e. The van der Waals surface area contributed by atoms with Gasteiger partial charge in [0.05, 0.1) is 16.1 Å². The van der Waals surface area contributed by atoms with Crippen molar-refractivity contribution in [3.05, 3.63) is 20.8 Å². The minimum absolute atomic E-state index is 0.0545. The second-order valence-electron chi connectivity index (χ2n) is 5.81. The number of nitrogens with zero attached hydrogens (tertiary/aromatic N) is 2. The molecule has 6 N–H and O–H groups in total. The monoisotopic (exact) mass is 493 g/mol. The van der Waals surface area contributed by atoms with Crippen molar-refractivity contribution < 1.29 is 19.5 Å². The van der Waals surface area contributed by atoms with Gasteiger partial charge in [-0.15, -0.1) is 0 Å². The summed E-state index contributed by atoms with van der Waals surface area (Å²) in [6.45, 7) is 0.975. The van der Waals surface area contributed by atoms with E-state index in [4.69, 9.17) is 21.0 Å². The van der Waals surface area contributed by atoms with Crippen LogP contribution in [0.15, 0.2) is 30.9 Å². The Balaban J connectivity index is 1.89. The molecule has 1 aliphatic heterocycles. The fourth-order valence-electron chi connectivity index (χ4n) is 2.57. The lowest BCUT2D eigenvalue weighted by Gasteiger charge is -2.33. The summed E-state index contributed by atoms with van der Waals surface area (Å²) in [6.07, 6.45) is 2.21. The Bertz CT molecular complexity index is 688. The van der Waals surface area contributed by atoms with Gasteiger partial charge in [-0.2, -0.15) is 0 Å². The van der Waals surface area contributed by atoms with Crippen LogP contribution in [0.25, 0.3) is 0 Å². The highest BCUT2D eigenvalue weighted by molar-refractivity contribution is 9.12. The molecule has 0 bridgehead atoms. The number of ether oxygens (including phenoxy) is 1. The van der Waals surface area contributed by atoms with E-state index in [0.29, 0.717) is 27.8 Å². The first-order chi connectivity index (χ1) is 12.3. The predicted molar refractivity (Wildman–Crippen MR) is 105 cm³/mol. The topological polar surface area (TPSA) is 145 Å². The Morgan fingerprint density at radius 2 is 2.27 bits per heavy atom. The van der Waals surface area contributed by atoms with Crippen molar-refractivity contribution in [3.63, 3.8) is 0 Å². The highest BCUT2D eigenvalue weighted by atomic mass is 79.9. The Hall–Kier alpha value is -1.59. The van der Waals surface area contributed by atoms with Gasteiger partial charge in [0.15, 0.2) is 11.6 Å². The minimum atomic E-state index is -1.15. The van der Waals surface area contributed by atoms with E-state index >= 15 is 0 Å². The Kier molecular flexibility index (Phi) is 7.07. The molecule has 0 saturated heterocycles. The second kappa shape index (κ2) is 8.87. The minimum Gasteiger partial charge on any atom is -0.495 e. The molecule has 1 heterocycles. The van der Waals surface area contributed by atoms with Crippen LogP contribution in [0.5, 0.6) is 0 Å². The molecule has 26 heavy (non-hydrogen) atoms. The average Bonchev–Trinajstić information content (AvgIpc) is 3.01. The zero-order valence-corrected chi connectivity index (χ0v) is 17.3. The van der Waals surface area contributed by atoms with E-state index < -0.39 is 11.7 Å². The largest absolute Gasteiger partial charge is 0.495 e. The standard InChI is InChI=1S/C15H21Br2N5O4/c1-25-11-8(16)6-15(12(23)10(11)17)7-9(22-26-15)13(24)20-4-2-3-5-21-14(18)19/h6,12,23H,2-5,7H2,1H3,(H,20,24)(H4,18,19,21)/t12-,15+/m0/s1. The first kappa shape index (κ1) is 20.7. The Labute approximate surface area is 167 Å². The van der Waals surface area contributed by atoms with Gasteiger partial charge < -0.3 is 31.5 Å². The molecule has 2 rings (SSSR count). The molecule has 0 saturated carbocycles. The second-order valence-corrected chi connectivity index (χ2v) is 7.52. The SMILES string of the molecule is COC1=C(Br)[C@H](O)[C@@]2(C=C1Br)CC(C(=O)NCCCCN=C(N)N)=NO2. The van der Waals surface area contributed by atoms with Crippen LogP contribution in [0, 0.1) is 0 Å². The number of nitrogens with two attached hydrogens (primary N) is 2. The smallest absolute Gasteiger partial charge is 0.269 e. The molecule has 144 valence electrons. The van der Waals surface area contributed by atoms with E-state index in [1.807, 2.05) is 0 Å². The summed E-state index contributed by atoms with van der Waals surface area (Å²) < 4.78 is 6.25. The lowest BCUT2D eigenvalue weighted by molar-refractivity contribution is -0.114. The summed E-state index contributed by atoms with van der Waals surface area (Å²) in [5, 5.41) is 17.2. The molecule has 0 aromatic rings. The molecule has 11 heteroatoms. The third-order valence-corrected chi connectivity index (χ3v) is 5.29. The van der Waals surface area contributed by atoms with Crippen LogP contribution in [-0.4, -0.2) is 54.6 Å². The predicted octanol–water partition coefficient (Wildman–Crippen LogP) is 0.578. The number of amides is 1. The quantitative estimate of drug-likeness (QED) is 0.231. The molecular formula is C15H21Br2N5O4. The Morgan fingerprint density at radius 3 is 2.92 bits per heavy atom. The molecular weight excluding hydrogens is 474 g/mol. The van der Waals surface area contributed by atoms with Crippen LogP contribution < -0.4 is 16.8 Å². The summed E-state index contributed by atoms with van der Waals surface area (Å²) in [6, 6.07) is 0. The first-order valence-corrected chi connectivity index (χ1v) is 9.48. The maximum atomic E-state index is 12.3. The van der Waals surface area contributed by atoms with Gasteiger partial charge in [-0.1, -0.05) is 5.16 Å². The van der Waals surface area contributed by atoms with Crippen molar-refractivity contribution in [1.82, 2.24) is 5.32 Å². The number of methoxy groups -OCH3 is 1. The molecule has 1 amide bonds. The summed E-state index contributed by atoms with van der Waals surface area (Å²) in [5.41, 5.74) is 9.54. The zero-order chi connectivity index (χ0) is 19.3. The van der Waals surface area contributed by atoms with Gasteiger partial charge in [-0.25, -0.2) is 0 Å². The van der Waals surface area contributed by atoms with Crippen molar-refractivity contribution in [2.45, 2.75) is 31.0 Å². The van der Waals surface area contributed by atoms with E-state index in [1.54, 1.807) is 6.08 Å². The number of hydrogen-bond acceptors (Lipinski definition) is 6. The average molecular weight is 495 g/mol. The van der Waals surface area contributed by atoms with Crippen LogP contribution in [-0.2, 0) is 14.4 Å². The van der Waals surface area contributed by atoms with E-state index in [2.05, 4.69) is 47.3 Å². The van der Waals surface area contributed by atoms with Crippen LogP contribution >= 0.6 is 31.9 Å². The fourth-order valence-corrected chi connectivity index (χ4v) is 4.36. The van der Waals surface area contributed by atoms with Gasteiger partial charge in [-0.05, 0) is 50.8 Å². The van der Waals surface area contributed by atoms with Gasteiger partial charge in [-0.3, -0.25) is 9.79 Å². The summed E-state index contributed by atoms with van der Waals surface area (Å²) >= 11 is 6.69. The molecule has 2 atom stereocenters. The van der Waals surface area contributed by atoms with Crippen molar-refractivity contribution in [2.24, 2.45) is 21.6 Å². The van der Waals surface area contributed by atoms with Gasteiger partial charge in [0.25, 0.3) is 5.91 Å². The fraction of sp³-hybridized carbons (Fsp3) is 0.533. The maximum absolute atomic E-state index is 12.3. The normalized spacial score (nSPS) is 24.7. The van der Waals surface area contributed by atoms with Crippen LogP contribution in [0.3, 0.4) is 0 Å². The molecule has 0 aromatic heterocycles. The number of rotatable bonds is 7. The summed E-state index contributed by atoms with van der Waals surface area (Å²) in [4.78, 5) is 21.6. The van der Waals surface area contributed by atoms with Crippen LogP contribution in [0.4, 0.5) is 0 Å². The molecule has 0 unspecified atom stereocenters. The van der Waals surface area contributed by atoms with E-state index in [9.17, 15) is 9.90 Å². The van der Waals surface area contributed by atoms with Crippen molar-refractivity contribution in [1.29, 1.82) is 0 Å². The third-order valence-electron chi connectivity index (χ3n) is 3.91. The van der Waals surface area contributed by atoms with Gasteiger partial charge in [0, 0.05) is 19.5 Å². The number of hydrogen-bond donors (Lipinski definition) is 4. The summed E-state index contributed by atoms with van der Waals surface area (Å²) in [5.74, 6) is 0.183. The number of oxime groups is 1. The number of nitrogens with one attached hydrogen (secondary N) is 1. The number of aliphatic hydroxyl groups is 1. The lowest BCUT2D eigenvalue weighted by atomic mass is 9.87. The van der Waals surface area contributed by atoms with Gasteiger partial charge >= 0.3 is 0 Å². The zero-order valence-electron chi connectivity index (χ0n) is 14.2. The lowest BCUT2D eigenvalue weighted by Crippen LogP contribution is -2.45. The van der Waals surface area contributed by atoms with Crippen molar-refractivity contribution >= 4 is 49.4 Å². The van der Waals surface area contributed by atoms with Crippen LogP contribution in [0.1, 0.15) is 19.3 Å². The number of carbonyl (C=O) groups is 1.